The Kier molecular flexibility index (Phi) is 4.81. The van der Waals surface area contributed by atoms with E-state index in [1.54, 1.807) is 6.92 Å². The summed E-state index contributed by atoms with van der Waals surface area (Å²) in [5, 5.41) is 11.0. The number of aliphatic hydroxyl groups excluding tert-OH is 1. The molecular formula is C17H20ClNO. The predicted molar refractivity (Wildman–Crippen MR) is 84.0 cm³/mol. The maximum Gasteiger partial charge on any atom is 0.0624 e. The molecule has 2 aromatic carbocycles. The van der Waals surface area contributed by atoms with Crippen LogP contribution in [0, 0.1) is 0 Å². The average Bonchev–Trinajstić information content (AvgIpc) is 2.47. The molecule has 2 aromatic rings. The molecule has 2 rings (SSSR count). The number of rotatable bonds is 5. The van der Waals surface area contributed by atoms with Crippen molar-refractivity contribution in [2.75, 3.05) is 6.54 Å². The molecule has 3 heteroatoms. The highest BCUT2D eigenvalue weighted by Gasteiger charge is 2.36. The average molecular weight is 290 g/mol. The third-order valence-electron chi connectivity index (χ3n) is 3.95. The Morgan fingerprint density at radius 2 is 1.70 bits per heavy atom. The lowest BCUT2D eigenvalue weighted by atomic mass is 9.72. The first-order valence-electron chi connectivity index (χ1n) is 6.76. The summed E-state index contributed by atoms with van der Waals surface area (Å²) in [4.78, 5) is 0. The van der Waals surface area contributed by atoms with Gasteiger partial charge in [-0.05, 0) is 36.6 Å². The maximum absolute atomic E-state index is 10.3. The van der Waals surface area contributed by atoms with Gasteiger partial charge in [0.05, 0.1) is 6.10 Å². The minimum absolute atomic E-state index is 0.386. The molecule has 0 bridgehead atoms. The first-order chi connectivity index (χ1) is 9.58. The second-order valence-corrected chi connectivity index (χ2v) is 5.64. The van der Waals surface area contributed by atoms with Gasteiger partial charge in [0.25, 0.3) is 0 Å². The van der Waals surface area contributed by atoms with Gasteiger partial charge in [0.2, 0.25) is 0 Å². The van der Waals surface area contributed by atoms with Crippen LogP contribution >= 0.6 is 11.6 Å². The summed E-state index contributed by atoms with van der Waals surface area (Å²) in [6, 6.07) is 17.7. The number of hydrogen-bond acceptors (Lipinski definition) is 2. The monoisotopic (exact) mass is 289 g/mol. The fraction of sp³-hybridized carbons (Fsp3) is 0.294. The summed E-state index contributed by atoms with van der Waals surface area (Å²) in [6.45, 7) is 2.19. The fourth-order valence-electron chi connectivity index (χ4n) is 2.59. The van der Waals surface area contributed by atoms with Gasteiger partial charge in [0.1, 0.15) is 0 Å². The van der Waals surface area contributed by atoms with Gasteiger partial charge in [-0.15, -0.1) is 0 Å². The molecule has 0 spiro atoms. The molecular weight excluding hydrogens is 270 g/mol. The number of nitrogens with two attached hydrogens (primary N) is 1. The molecule has 0 aliphatic heterocycles. The highest BCUT2D eigenvalue weighted by atomic mass is 35.5. The van der Waals surface area contributed by atoms with E-state index in [-0.39, 0.29) is 0 Å². The Balaban J connectivity index is 2.40. The van der Waals surface area contributed by atoms with E-state index in [1.807, 2.05) is 54.6 Å². The van der Waals surface area contributed by atoms with Crippen LogP contribution in [0.25, 0.3) is 0 Å². The SMILES string of the molecule is CC(O)C(CN)(Cc1ccc(Cl)cc1)c1ccccc1. The molecule has 0 aliphatic carbocycles. The minimum atomic E-state index is -0.537. The Morgan fingerprint density at radius 1 is 1.10 bits per heavy atom. The van der Waals surface area contributed by atoms with Crippen LogP contribution in [0.2, 0.25) is 5.02 Å². The summed E-state index contributed by atoms with van der Waals surface area (Å²) in [5.41, 5.74) is 7.73. The van der Waals surface area contributed by atoms with E-state index in [2.05, 4.69) is 0 Å². The molecule has 3 N–H and O–H groups in total. The van der Waals surface area contributed by atoms with E-state index < -0.39 is 11.5 Å². The highest BCUT2D eigenvalue weighted by Crippen LogP contribution is 2.31. The van der Waals surface area contributed by atoms with Gasteiger partial charge in [-0.3, -0.25) is 0 Å². The van der Waals surface area contributed by atoms with Crippen molar-refractivity contribution < 1.29 is 5.11 Å². The molecule has 2 unspecified atom stereocenters. The normalized spacial score (nSPS) is 15.6. The smallest absolute Gasteiger partial charge is 0.0624 e. The van der Waals surface area contributed by atoms with Crippen molar-refractivity contribution in [2.45, 2.75) is 24.9 Å². The highest BCUT2D eigenvalue weighted by molar-refractivity contribution is 6.30. The topological polar surface area (TPSA) is 46.2 Å². The van der Waals surface area contributed by atoms with E-state index in [0.717, 1.165) is 11.1 Å². The van der Waals surface area contributed by atoms with Gasteiger partial charge >= 0.3 is 0 Å². The lowest BCUT2D eigenvalue weighted by Crippen LogP contribution is -2.46. The number of hydrogen-bond donors (Lipinski definition) is 2. The summed E-state index contributed by atoms with van der Waals surface area (Å²) in [5.74, 6) is 0. The molecule has 0 aromatic heterocycles. The minimum Gasteiger partial charge on any atom is -0.392 e. The van der Waals surface area contributed by atoms with E-state index in [4.69, 9.17) is 17.3 Å². The second-order valence-electron chi connectivity index (χ2n) is 5.21. The zero-order chi connectivity index (χ0) is 14.6. The molecule has 2 atom stereocenters. The van der Waals surface area contributed by atoms with Crippen LogP contribution < -0.4 is 5.73 Å². The molecule has 0 radical (unpaired) electrons. The van der Waals surface area contributed by atoms with Crippen LogP contribution in [-0.2, 0) is 11.8 Å². The lowest BCUT2D eigenvalue weighted by Gasteiger charge is -2.36. The Hall–Kier alpha value is -1.35. The molecule has 0 saturated carbocycles. The largest absolute Gasteiger partial charge is 0.392 e. The zero-order valence-electron chi connectivity index (χ0n) is 11.6. The van der Waals surface area contributed by atoms with Crippen molar-refractivity contribution in [2.24, 2.45) is 5.73 Å². The zero-order valence-corrected chi connectivity index (χ0v) is 12.3. The van der Waals surface area contributed by atoms with E-state index in [0.29, 0.717) is 18.0 Å². The third kappa shape index (κ3) is 3.04. The van der Waals surface area contributed by atoms with Gasteiger partial charge < -0.3 is 10.8 Å². The molecule has 0 heterocycles. The van der Waals surface area contributed by atoms with Crippen molar-refractivity contribution in [3.8, 4) is 0 Å². The summed E-state index contributed by atoms with van der Waals surface area (Å²) >= 11 is 5.92. The molecule has 2 nitrogen and oxygen atoms in total. The predicted octanol–water partition coefficient (Wildman–Crippen LogP) is 3.16. The Bertz CT molecular complexity index is 539. The van der Waals surface area contributed by atoms with Crippen LogP contribution in [0.3, 0.4) is 0 Å². The first kappa shape index (κ1) is 15.0. The summed E-state index contributed by atoms with van der Waals surface area (Å²) in [6.07, 6.45) is 0.146. The van der Waals surface area contributed by atoms with Crippen molar-refractivity contribution in [1.82, 2.24) is 0 Å². The molecule has 0 amide bonds. The standard InChI is InChI=1S/C17H20ClNO/c1-13(20)17(12-19,15-5-3-2-4-6-15)11-14-7-9-16(18)10-8-14/h2-10,13,20H,11-12,19H2,1H3. The van der Waals surface area contributed by atoms with Crippen LogP contribution in [0.1, 0.15) is 18.1 Å². The van der Waals surface area contributed by atoms with Gasteiger partial charge in [-0.2, -0.15) is 0 Å². The van der Waals surface area contributed by atoms with Crippen molar-refractivity contribution in [3.63, 3.8) is 0 Å². The summed E-state index contributed by atoms with van der Waals surface area (Å²) in [7, 11) is 0. The van der Waals surface area contributed by atoms with Crippen LogP contribution in [0.15, 0.2) is 54.6 Å². The van der Waals surface area contributed by atoms with Crippen molar-refractivity contribution in [1.29, 1.82) is 0 Å². The number of halogens is 1. The van der Waals surface area contributed by atoms with Crippen LogP contribution in [0.5, 0.6) is 0 Å². The van der Waals surface area contributed by atoms with Gasteiger partial charge in [0.15, 0.2) is 0 Å². The Morgan fingerprint density at radius 3 is 2.20 bits per heavy atom. The lowest BCUT2D eigenvalue weighted by molar-refractivity contribution is 0.100. The first-order valence-corrected chi connectivity index (χ1v) is 7.14. The molecule has 0 fully saturated rings. The third-order valence-corrected chi connectivity index (χ3v) is 4.20. The quantitative estimate of drug-likeness (QED) is 0.888. The maximum atomic E-state index is 10.3. The van der Waals surface area contributed by atoms with Crippen molar-refractivity contribution >= 4 is 11.6 Å². The second kappa shape index (κ2) is 6.40. The molecule has 0 aliphatic rings. The van der Waals surface area contributed by atoms with Crippen molar-refractivity contribution in [3.05, 3.63) is 70.7 Å². The van der Waals surface area contributed by atoms with E-state index >= 15 is 0 Å². The molecule has 106 valence electrons. The van der Waals surface area contributed by atoms with E-state index in [9.17, 15) is 5.11 Å². The van der Waals surface area contributed by atoms with Crippen LogP contribution in [0.4, 0.5) is 0 Å². The number of aliphatic hydroxyl groups is 1. The Labute approximate surface area is 125 Å². The van der Waals surface area contributed by atoms with E-state index in [1.165, 1.54) is 0 Å². The van der Waals surface area contributed by atoms with Gasteiger partial charge in [-0.25, -0.2) is 0 Å². The summed E-state index contributed by atoms with van der Waals surface area (Å²) < 4.78 is 0. The van der Waals surface area contributed by atoms with Gasteiger partial charge in [0, 0.05) is 17.0 Å². The van der Waals surface area contributed by atoms with Gasteiger partial charge in [-0.1, -0.05) is 54.1 Å². The molecule has 0 saturated heterocycles. The fourth-order valence-corrected chi connectivity index (χ4v) is 2.71. The molecule has 20 heavy (non-hydrogen) atoms. The van der Waals surface area contributed by atoms with Crippen LogP contribution in [-0.4, -0.2) is 17.8 Å². The number of benzene rings is 2.